The summed E-state index contributed by atoms with van der Waals surface area (Å²) in [6.07, 6.45) is 3.52. The van der Waals surface area contributed by atoms with Crippen molar-refractivity contribution in [3.8, 4) is 11.3 Å². The first-order valence-electron chi connectivity index (χ1n) is 4.41. The number of aromatic nitrogens is 2. The van der Waals surface area contributed by atoms with Gasteiger partial charge >= 0.3 is 0 Å². The Hall–Kier alpha value is -0.630. The average Bonchev–Trinajstić information content (AvgIpc) is 2.78. The summed E-state index contributed by atoms with van der Waals surface area (Å²) in [6, 6.07) is 3.24. The fourth-order valence-corrected chi connectivity index (χ4v) is 3.49. The van der Waals surface area contributed by atoms with E-state index in [4.69, 9.17) is 10.7 Å². The molecule has 2 rings (SSSR count). The van der Waals surface area contributed by atoms with E-state index in [-0.39, 0.29) is 4.21 Å². The third kappa shape index (κ3) is 2.98. The molecule has 0 aliphatic rings. The predicted octanol–water partition coefficient (Wildman–Crippen LogP) is 2.85. The summed E-state index contributed by atoms with van der Waals surface area (Å²) >= 11 is 2.50. The molecule has 0 saturated heterocycles. The molecule has 4 nitrogen and oxygen atoms in total. The van der Waals surface area contributed by atoms with Crippen molar-refractivity contribution in [2.45, 2.75) is 9.37 Å². The summed E-state index contributed by atoms with van der Waals surface area (Å²) in [7, 11) is 1.60. The molecule has 90 valence electrons. The number of thioether (sulfide) groups is 1. The molecule has 0 saturated carbocycles. The van der Waals surface area contributed by atoms with Crippen LogP contribution in [0.4, 0.5) is 0 Å². The van der Waals surface area contributed by atoms with E-state index in [1.807, 2.05) is 6.26 Å². The third-order valence-electron chi connectivity index (χ3n) is 1.93. The molecule has 0 bridgehead atoms. The Morgan fingerprint density at radius 2 is 2.24 bits per heavy atom. The Morgan fingerprint density at radius 1 is 1.47 bits per heavy atom. The summed E-state index contributed by atoms with van der Waals surface area (Å²) in [5, 5.41) is 2.35. The highest BCUT2D eigenvalue weighted by Gasteiger charge is 2.14. The minimum Gasteiger partial charge on any atom is -0.231 e. The van der Waals surface area contributed by atoms with Crippen molar-refractivity contribution in [3.63, 3.8) is 0 Å². The molecule has 0 aliphatic carbocycles. The van der Waals surface area contributed by atoms with Gasteiger partial charge in [0.15, 0.2) is 5.16 Å². The maximum atomic E-state index is 11.1. The molecule has 0 spiro atoms. The second-order valence-corrected chi connectivity index (χ2v) is 7.50. The largest absolute Gasteiger partial charge is 0.270 e. The van der Waals surface area contributed by atoms with Gasteiger partial charge in [-0.25, -0.2) is 18.4 Å². The number of rotatable bonds is 3. The lowest BCUT2D eigenvalue weighted by Gasteiger charge is -1.98. The molecule has 0 aliphatic heterocycles. The molecule has 0 N–H and O–H groups in total. The molecular weight excluding hydrogens is 300 g/mol. The highest BCUT2D eigenvalue weighted by Crippen LogP contribution is 2.29. The van der Waals surface area contributed by atoms with Crippen LogP contribution in [0.1, 0.15) is 0 Å². The van der Waals surface area contributed by atoms with Crippen molar-refractivity contribution in [1.29, 1.82) is 0 Å². The number of hydrogen-bond donors (Lipinski definition) is 0. The molecule has 0 fully saturated rings. The quantitative estimate of drug-likeness (QED) is 0.496. The van der Waals surface area contributed by atoms with E-state index in [9.17, 15) is 8.42 Å². The van der Waals surface area contributed by atoms with Gasteiger partial charge in [0, 0.05) is 27.8 Å². The van der Waals surface area contributed by atoms with E-state index in [2.05, 4.69) is 9.97 Å². The molecule has 0 atom stereocenters. The van der Waals surface area contributed by atoms with Crippen LogP contribution in [-0.2, 0) is 9.05 Å². The standard InChI is InChI=1S/C9H7ClN2O2S3/c1-15-9-11-3-2-7(12-9)6-4-8(16-5-6)17(10,13)14/h2-5H,1H3. The summed E-state index contributed by atoms with van der Waals surface area (Å²) in [6.45, 7) is 0. The number of thiophene rings is 1. The van der Waals surface area contributed by atoms with Crippen LogP contribution in [-0.4, -0.2) is 24.6 Å². The zero-order valence-corrected chi connectivity index (χ0v) is 11.8. The zero-order chi connectivity index (χ0) is 12.5. The second-order valence-electron chi connectivity index (χ2n) is 3.02. The van der Waals surface area contributed by atoms with Gasteiger partial charge in [-0.05, 0) is 18.4 Å². The van der Waals surface area contributed by atoms with E-state index in [0.29, 0.717) is 10.9 Å². The van der Waals surface area contributed by atoms with Crippen LogP contribution in [0, 0.1) is 0 Å². The van der Waals surface area contributed by atoms with Gasteiger partial charge in [0.2, 0.25) is 0 Å². The normalized spacial score (nSPS) is 11.6. The Labute approximate surface area is 111 Å². The van der Waals surface area contributed by atoms with Crippen LogP contribution in [0.5, 0.6) is 0 Å². The molecule has 8 heteroatoms. The fraction of sp³-hybridized carbons (Fsp3) is 0.111. The molecular formula is C9H7ClN2O2S3. The third-order valence-corrected chi connectivity index (χ3v) is 5.53. The van der Waals surface area contributed by atoms with Crippen LogP contribution in [0.15, 0.2) is 33.1 Å². The van der Waals surface area contributed by atoms with E-state index >= 15 is 0 Å². The van der Waals surface area contributed by atoms with Crippen LogP contribution < -0.4 is 0 Å². The molecule has 0 amide bonds. The van der Waals surface area contributed by atoms with Gasteiger partial charge in [0.05, 0.1) is 5.69 Å². The number of nitrogens with zero attached hydrogens (tertiary/aromatic N) is 2. The van der Waals surface area contributed by atoms with Gasteiger partial charge in [0.1, 0.15) is 4.21 Å². The van der Waals surface area contributed by atoms with Gasteiger partial charge in [0.25, 0.3) is 9.05 Å². The van der Waals surface area contributed by atoms with E-state index in [0.717, 1.165) is 16.9 Å². The minimum atomic E-state index is -3.66. The van der Waals surface area contributed by atoms with E-state index in [1.165, 1.54) is 17.8 Å². The van der Waals surface area contributed by atoms with Gasteiger partial charge < -0.3 is 0 Å². The molecule has 0 aromatic carbocycles. The number of hydrogen-bond acceptors (Lipinski definition) is 6. The first kappa shape index (κ1) is 12.8. The second kappa shape index (κ2) is 4.93. The van der Waals surface area contributed by atoms with Crippen LogP contribution in [0.25, 0.3) is 11.3 Å². The monoisotopic (exact) mass is 306 g/mol. The zero-order valence-electron chi connectivity index (χ0n) is 8.62. The van der Waals surface area contributed by atoms with Crippen molar-refractivity contribution in [2.75, 3.05) is 6.26 Å². The smallest absolute Gasteiger partial charge is 0.231 e. The highest BCUT2D eigenvalue weighted by atomic mass is 35.7. The first-order valence-corrected chi connectivity index (χ1v) is 8.82. The van der Waals surface area contributed by atoms with Gasteiger partial charge in [-0.2, -0.15) is 0 Å². The van der Waals surface area contributed by atoms with Crippen molar-refractivity contribution in [1.82, 2.24) is 9.97 Å². The molecule has 17 heavy (non-hydrogen) atoms. The summed E-state index contributed by atoms with van der Waals surface area (Å²) in [5.74, 6) is 0. The van der Waals surface area contributed by atoms with Gasteiger partial charge in [-0.1, -0.05) is 11.8 Å². The topological polar surface area (TPSA) is 59.9 Å². The first-order chi connectivity index (χ1) is 8.00. The SMILES string of the molecule is CSc1nccc(-c2csc(S(=O)(=O)Cl)c2)n1. The Bertz CT molecular complexity index is 639. The highest BCUT2D eigenvalue weighted by molar-refractivity contribution is 8.15. The van der Waals surface area contributed by atoms with Crippen molar-refractivity contribution >= 4 is 42.8 Å². The molecule has 0 radical (unpaired) electrons. The molecule has 2 aromatic heterocycles. The molecule has 2 aromatic rings. The van der Waals surface area contributed by atoms with Crippen LogP contribution in [0.2, 0.25) is 0 Å². The van der Waals surface area contributed by atoms with Crippen molar-refractivity contribution < 1.29 is 8.42 Å². The van der Waals surface area contributed by atoms with Gasteiger partial charge in [-0.15, -0.1) is 11.3 Å². The van der Waals surface area contributed by atoms with E-state index in [1.54, 1.807) is 17.6 Å². The van der Waals surface area contributed by atoms with Crippen molar-refractivity contribution in [2.24, 2.45) is 0 Å². The average molecular weight is 307 g/mol. The fourth-order valence-electron chi connectivity index (χ4n) is 1.18. The summed E-state index contributed by atoms with van der Waals surface area (Å²) < 4.78 is 22.4. The predicted molar refractivity (Wildman–Crippen MR) is 70.2 cm³/mol. The summed E-state index contributed by atoms with van der Waals surface area (Å²) in [4.78, 5) is 8.33. The maximum absolute atomic E-state index is 11.1. The lowest BCUT2D eigenvalue weighted by molar-refractivity contribution is 0.611. The Balaban J connectivity index is 2.43. The maximum Gasteiger partial charge on any atom is 0.270 e. The van der Waals surface area contributed by atoms with Crippen LogP contribution >= 0.6 is 33.8 Å². The van der Waals surface area contributed by atoms with E-state index < -0.39 is 9.05 Å². The molecule has 0 unspecified atom stereocenters. The van der Waals surface area contributed by atoms with Crippen LogP contribution in [0.3, 0.4) is 0 Å². The molecule has 2 heterocycles. The van der Waals surface area contributed by atoms with Crippen molar-refractivity contribution in [3.05, 3.63) is 23.7 Å². The minimum absolute atomic E-state index is 0.124. The summed E-state index contributed by atoms with van der Waals surface area (Å²) in [5.41, 5.74) is 1.42. The van der Waals surface area contributed by atoms with Gasteiger partial charge in [-0.3, -0.25) is 0 Å². The Morgan fingerprint density at radius 3 is 2.82 bits per heavy atom. The lowest BCUT2D eigenvalue weighted by Crippen LogP contribution is -1.88. The Kier molecular flexibility index (Phi) is 3.72. The lowest BCUT2D eigenvalue weighted by atomic mass is 10.2. The number of halogens is 1.